The molecular weight excluding hydrogens is 369 g/mol. The molecule has 0 aliphatic heterocycles. The third-order valence-electron chi connectivity index (χ3n) is 4.42. The Morgan fingerprint density at radius 2 is 2.00 bits per heavy atom. The predicted octanol–water partition coefficient (Wildman–Crippen LogP) is 3.25. The van der Waals surface area contributed by atoms with Gasteiger partial charge in [-0.2, -0.15) is 0 Å². The third kappa shape index (κ3) is 5.29. The number of rotatable bonds is 5. The summed E-state index contributed by atoms with van der Waals surface area (Å²) >= 11 is 1.09. The minimum Gasteiger partial charge on any atom is -0.335 e. The van der Waals surface area contributed by atoms with Gasteiger partial charge in [0.15, 0.2) is 5.82 Å². The highest BCUT2D eigenvalue weighted by Crippen LogP contribution is 2.24. The number of H-pyrrole nitrogens is 1. The Morgan fingerprint density at radius 1 is 1.26 bits per heavy atom. The van der Waals surface area contributed by atoms with Crippen molar-refractivity contribution in [1.82, 2.24) is 25.8 Å². The average Bonchev–Trinajstić information content (AvgIpc) is 3.11. The van der Waals surface area contributed by atoms with Crippen LogP contribution in [0.3, 0.4) is 0 Å². The molecule has 144 valence electrons. The maximum atomic E-state index is 13.8. The van der Waals surface area contributed by atoms with Crippen LogP contribution in [0.1, 0.15) is 39.0 Å². The number of hydrogen-bond acceptors (Lipinski definition) is 5. The van der Waals surface area contributed by atoms with Crippen molar-refractivity contribution in [1.29, 1.82) is 0 Å². The van der Waals surface area contributed by atoms with E-state index in [2.05, 4.69) is 25.8 Å². The molecule has 3 amide bonds. The molecule has 3 N–H and O–H groups in total. The van der Waals surface area contributed by atoms with Crippen molar-refractivity contribution in [2.45, 2.75) is 55.5 Å². The molecule has 1 atom stereocenters. The van der Waals surface area contributed by atoms with Crippen molar-refractivity contribution in [2.75, 3.05) is 0 Å². The molecule has 1 aliphatic rings. The first-order valence-electron chi connectivity index (χ1n) is 8.98. The Hall–Kier alpha value is -2.42. The van der Waals surface area contributed by atoms with Crippen LogP contribution in [-0.2, 0) is 4.79 Å². The Bertz CT molecular complexity index is 807. The van der Waals surface area contributed by atoms with E-state index in [1.165, 1.54) is 12.5 Å². The first-order valence-corrected chi connectivity index (χ1v) is 9.86. The van der Waals surface area contributed by atoms with E-state index in [1.54, 1.807) is 25.1 Å². The molecule has 27 heavy (non-hydrogen) atoms. The number of halogens is 1. The lowest BCUT2D eigenvalue weighted by atomic mass is 9.96. The first kappa shape index (κ1) is 19.3. The molecule has 0 radical (unpaired) electrons. The zero-order valence-electron chi connectivity index (χ0n) is 15.0. The second-order valence-electron chi connectivity index (χ2n) is 6.50. The Morgan fingerprint density at radius 3 is 2.74 bits per heavy atom. The second kappa shape index (κ2) is 8.98. The number of amides is 3. The number of benzene rings is 1. The standard InChI is InChI=1S/C18H22FN5O2S/c1-11(16(25)22-17(26)20-12-7-3-2-4-8-12)27-18-21-15(23-24-18)13-9-5-6-10-14(13)19/h5-6,9-12H,2-4,7-8H2,1H3,(H,21,23,24)(H2,20,22,25,26)/t11-/m0/s1. The average molecular weight is 391 g/mol. The number of thioether (sulfide) groups is 1. The first-order chi connectivity index (χ1) is 13.0. The molecule has 9 heteroatoms. The Balaban J connectivity index is 1.52. The normalized spacial score (nSPS) is 15.9. The largest absolute Gasteiger partial charge is 0.335 e. The molecule has 7 nitrogen and oxygen atoms in total. The van der Waals surface area contributed by atoms with Crippen molar-refractivity contribution in [3.05, 3.63) is 30.1 Å². The highest BCUT2D eigenvalue weighted by Gasteiger charge is 2.22. The van der Waals surface area contributed by atoms with Crippen LogP contribution >= 0.6 is 11.8 Å². The molecule has 1 aliphatic carbocycles. The Kier molecular flexibility index (Phi) is 6.44. The fraction of sp³-hybridized carbons (Fsp3) is 0.444. The van der Waals surface area contributed by atoms with E-state index in [1.807, 2.05) is 0 Å². The van der Waals surface area contributed by atoms with Gasteiger partial charge >= 0.3 is 6.03 Å². The summed E-state index contributed by atoms with van der Waals surface area (Å²) in [4.78, 5) is 28.4. The van der Waals surface area contributed by atoms with E-state index in [-0.39, 0.29) is 6.04 Å². The van der Waals surface area contributed by atoms with Gasteiger partial charge in [-0.25, -0.2) is 14.2 Å². The number of hydrogen-bond donors (Lipinski definition) is 3. The van der Waals surface area contributed by atoms with Gasteiger partial charge in [0.2, 0.25) is 11.1 Å². The van der Waals surface area contributed by atoms with Crippen LogP contribution in [0.4, 0.5) is 9.18 Å². The van der Waals surface area contributed by atoms with Crippen LogP contribution in [-0.4, -0.2) is 38.4 Å². The summed E-state index contributed by atoms with van der Waals surface area (Å²) in [6.45, 7) is 1.66. The molecular formula is C18H22FN5O2S. The van der Waals surface area contributed by atoms with E-state index in [4.69, 9.17) is 0 Å². The van der Waals surface area contributed by atoms with Gasteiger partial charge in [0, 0.05) is 6.04 Å². The monoisotopic (exact) mass is 391 g/mol. The van der Waals surface area contributed by atoms with Crippen molar-refractivity contribution in [3.63, 3.8) is 0 Å². The van der Waals surface area contributed by atoms with Crippen molar-refractivity contribution < 1.29 is 14.0 Å². The van der Waals surface area contributed by atoms with E-state index in [0.29, 0.717) is 16.5 Å². The summed E-state index contributed by atoms with van der Waals surface area (Å²) in [6, 6.07) is 5.89. The van der Waals surface area contributed by atoms with Gasteiger partial charge in [0.05, 0.1) is 10.8 Å². The van der Waals surface area contributed by atoms with Crippen LogP contribution in [0.15, 0.2) is 29.4 Å². The number of aromatic amines is 1. The van der Waals surface area contributed by atoms with Gasteiger partial charge in [-0.15, -0.1) is 5.10 Å². The van der Waals surface area contributed by atoms with E-state index in [0.717, 1.165) is 37.4 Å². The number of urea groups is 1. The molecule has 3 rings (SSSR count). The van der Waals surface area contributed by atoms with Crippen LogP contribution in [0.25, 0.3) is 11.4 Å². The molecule has 1 heterocycles. The summed E-state index contributed by atoms with van der Waals surface area (Å²) in [6.07, 6.45) is 5.28. The third-order valence-corrected chi connectivity index (χ3v) is 5.38. The molecule has 0 bridgehead atoms. The summed E-state index contributed by atoms with van der Waals surface area (Å²) < 4.78 is 13.8. The predicted molar refractivity (Wildman–Crippen MR) is 101 cm³/mol. The van der Waals surface area contributed by atoms with Gasteiger partial charge in [-0.1, -0.05) is 43.2 Å². The molecule has 1 aromatic carbocycles. The van der Waals surface area contributed by atoms with Gasteiger partial charge in [0.1, 0.15) is 5.82 Å². The summed E-state index contributed by atoms with van der Waals surface area (Å²) in [5.74, 6) is -0.542. The summed E-state index contributed by atoms with van der Waals surface area (Å²) in [5, 5.41) is 11.6. The summed E-state index contributed by atoms with van der Waals surface area (Å²) in [5.41, 5.74) is 0.306. The second-order valence-corrected chi connectivity index (χ2v) is 7.81. The van der Waals surface area contributed by atoms with E-state index < -0.39 is 23.0 Å². The number of imide groups is 1. The van der Waals surface area contributed by atoms with E-state index in [9.17, 15) is 14.0 Å². The van der Waals surface area contributed by atoms with Gasteiger partial charge in [-0.3, -0.25) is 15.2 Å². The molecule has 0 saturated heterocycles. The SMILES string of the molecule is C[C@H](Sc1n[nH]c(-c2ccccc2F)n1)C(=O)NC(=O)NC1CCCCC1. The van der Waals surface area contributed by atoms with Crippen LogP contribution < -0.4 is 10.6 Å². The lowest BCUT2D eigenvalue weighted by Crippen LogP contribution is -2.47. The summed E-state index contributed by atoms with van der Waals surface area (Å²) in [7, 11) is 0. The molecule has 0 unspecified atom stereocenters. The van der Waals surface area contributed by atoms with Gasteiger partial charge < -0.3 is 5.32 Å². The van der Waals surface area contributed by atoms with Crippen LogP contribution in [0, 0.1) is 5.82 Å². The van der Waals surface area contributed by atoms with Crippen LogP contribution in [0.2, 0.25) is 0 Å². The number of nitrogens with one attached hydrogen (secondary N) is 3. The molecule has 1 aromatic heterocycles. The van der Waals surface area contributed by atoms with Crippen molar-refractivity contribution in [3.8, 4) is 11.4 Å². The molecule has 1 saturated carbocycles. The number of aromatic nitrogens is 3. The topological polar surface area (TPSA) is 99.8 Å². The van der Waals surface area contributed by atoms with E-state index >= 15 is 0 Å². The fourth-order valence-electron chi connectivity index (χ4n) is 2.97. The minimum absolute atomic E-state index is 0.130. The quantitative estimate of drug-likeness (QED) is 0.680. The number of carbonyl (C=O) groups excluding carboxylic acids is 2. The lowest BCUT2D eigenvalue weighted by Gasteiger charge is -2.22. The highest BCUT2D eigenvalue weighted by molar-refractivity contribution is 8.00. The lowest BCUT2D eigenvalue weighted by molar-refractivity contribution is -0.119. The molecule has 0 spiro atoms. The highest BCUT2D eigenvalue weighted by atomic mass is 32.2. The van der Waals surface area contributed by atoms with Crippen molar-refractivity contribution >= 4 is 23.7 Å². The molecule has 1 fully saturated rings. The zero-order chi connectivity index (χ0) is 19.2. The fourth-order valence-corrected chi connectivity index (χ4v) is 3.69. The molecule has 2 aromatic rings. The Labute approximate surface area is 160 Å². The van der Waals surface area contributed by atoms with Gasteiger partial charge in [0.25, 0.3) is 0 Å². The minimum atomic E-state index is -0.577. The maximum Gasteiger partial charge on any atom is 0.321 e. The van der Waals surface area contributed by atoms with Crippen molar-refractivity contribution in [2.24, 2.45) is 0 Å². The number of carbonyl (C=O) groups is 2. The zero-order valence-corrected chi connectivity index (χ0v) is 15.8. The smallest absolute Gasteiger partial charge is 0.321 e. The maximum absolute atomic E-state index is 13.8. The number of nitrogens with zero attached hydrogens (tertiary/aromatic N) is 2. The van der Waals surface area contributed by atoms with Crippen LogP contribution in [0.5, 0.6) is 0 Å². The van der Waals surface area contributed by atoms with Gasteiger partial charge in [-0.05, 0) is 31.9 Å².